The summed E-state index contributed by atoms with van der Waals surface area (Å²) in [5, 5.41) is 15.4. The standard InChI is InChI=1S/C20H22N4O/c21-14-15-7-5-6-10-18(15)24-20(25)19-13-17(11-12-22-19)23-16-8-3-1-2-4-9-16/h5-7,10-13,16H,1-4,8-9H2,(H,22,23)(H,24,25). The van der Waals surface area contributed by atoms with Crippen LogP contribution in [0.15, 0.2) is 42.6 Å². The van der Waals surface area contributed by atoms with E-state index in [1.807, 2.05) is 6.07 Å². The van der Waals surface area contributed by atoms with Gasteiger partial charge in [0.15, 0.2) is 0 Å². The Morgan fingerprint density at radius 3 is 2.64 bits per heavy atom. The molecule has 0 spiro atoms. The molecule has 0 radical (unpaired) electrons. The van der Waals surface area contributed by atoms with Crippen molar-refractivity contribution in [2.24, 2.45) is 0 Å². The van der Waals surface area contributed by atoms with Crippen molar-refractivity contribution in [1.29, 1.82) is 5.26 Å². The van der Waals surface area contributed by atoms with Gasteiger partial charge in [-0.15, -0.1) is 0 Å². The molecule has 5 nitrogen and oxygen atoms in total. The lowest BCUT2D eigenvalue weighted by Gasteiger charge is -2.18. The molecular weight excluding hydrogens is 312 g/mol. The average Bonchev–Trinajstić information content (AvgIpc) is 2.91. The molecule has 0 saturated heterocycles. The largest absolute Gasteiger partial charge is 0.382 e. The summed E-state index contributed by atoms with van der Waals surface area (Å²) < 4.78 is 0. The van der Waals surface area contributed by atoms with Crippen LogP contribution in [0.5, 0.6) is 0 Å². The molecule has 1 aliphatic rings. The molecular formula is C20H22N4O. The van der Waals surface area contributed by atoms with Crippen LogP contribution < -0.4 is 10.6 Å². The second-order valence-electron chi connectivity index (χ2n) is 6.37. The van der Waals surface area contributed by atoms with Crippen LogP contribution >= 0.6 is 0 Å². The predicted molar refractivity (Wildman–Crippen MR) is 98.5 cm³/mol. The van der Waals surface area contributed by atoms with Gasteiger partial charge in [0.2, 0.25) is 0 Å². The van der Waals surface area contributed by atoms with Crippen LogP contribution in [0.1, 0.15) is 54.6 Å². The SMILES string of the molecule is N#Cc1ccccc1NC(=O)c1cc(NC2CCCCCC2)ccn1. The zero-order valence-corrected chi connectivity index (χ0v) is 14.2. The summed E-state index contributed by atoms with van der Waals surface area (Å²) in [6.45, 7) is 0. The number of aromatic nitrogens is 1. The molecule has 3 rings (SSSR count). The quantitative estimate of drug-likeness (QED) is 0.815. The van der Waals surface area contributed by atoms with Crippen LogP contribution in [-0.2, 0) is 0 Å². The number of benzene rings is 1. The molecule has 0 bridgehead atoms. The summed E-state index contributed by atoms with van der Waals surface area (Å²) >= 11 is 0. The topological polar surface area (TPSA) is 77.8 Å². The van der Waals surface area contributed by atoms with Gasteiger partial charge >= 0.3 is 0 Å². The van der Waals surface area contributed by atoms with Gasteiger partial charge in [0.25, 0.3) is 5.91 Å². The van der Waals surface area contributed by atoms with Crippen molar-refractivity contribution < 1.29 is 4.79 Å². The summed E-state index contributed by atoms with van der Waals surface area (Å²) in [6, 6.07) is 13.1. The Morgan fingerprint density at radius 2 is 1.88 bits per heavy atom. The van der Waals surface area contributed by atoms with Crippen LogP contribution in [0.4, 0.5) is 11.4 Å². The number of para-hydroxylation sites is 1. The average molecular weight is 334 g/mol. The molecule has 1 heterocycles. The molecule has 0 aliphatic heterocycles. The summed E-state index contributed by atoms with van der Waals surface area (Å²) in [7, 11) is 0. The van der Waals surface area contributed by atoms with Crippen molar-refractivity contribution in [3.63, 3.8) is 0 Å². The Morgan fingerprint density at radius 1 is 1.12 bits per heavy atom. The summed E-state index contributed by atoms with van der Waals surface area (Å²) in [5.41, 5.74) is 2.19. The second kappa shape index (κ2) is 8.29. The van der Waals surface area contributed by atoms with Gasteiger partial charge in [0, 0.05) is 17.9 Å². The van der Waals surface area contributed by atoms with E-state index in [4.69, 9.17) is 5.26 Å². The van der Waals surface area contributed by atoms with E-state index in [-0.39, 0.29) is 5.91 Å². The molecule has 0 unspecified atom stereocenters. The molecule has 5 heteroatoms. The van der Waals surface area contributed by atoms with E-state index in [9.17, 15) is 4.79 Å². The minimum absolute atomic E-state index is 0.313. The highest BCUT2D eigenvalue weighted by Crippen LogP contribution is 2.21. The summed E-state index contributed by atoms with van der Waals surface area (Å²) in [6.07, 6.45) is 9.09. The maximum absolute atomic E-state index is 12.5. The third-order valence-electron chi connectivity index (χ3n) is 4.51. The van der Waals surface area contributed by atoms with Gasteiger partial charge in [-0.25, -0.2) is 0 Å². The minimum atomic E-state index is -0.313. The number of amides is 1. The fourth-order valence-electron chi connectivity index (χ4n) is 3.18. The first-order chi connectivity index (χ1) is 12.3. The highest BCUT2D eigenvalue weighted by Gasteiger charge is 2.14. The van der Waals surface area contributed by atoms with Gasteiger partial charge in [-0.1, -0.05) is 37.8 Å². The molecule has 1 aromatic carbocycles. The zero-order valence-electron chi connectivity index (χ0n) is 14.2. The first-order valence-corrected chi connectivity index (χ1v) is 8.79. The van der Waals surface area contributed by atoms with Crippen LogP contribution in [-0.4, -0.2) is 16.9 Å². The fraction of sp³-hybridized carbons (Fsp3) is 0.350. The van der Waals surface area contributed by atoms with Crippen molar-refractivity contribution >= 4 is 17.3 Å². The summed E-state index contributed by atoms with van der Waals surface area (Å²) in [5.74, 6) is -0.313. The molecule has 1 saturated carbocycles. The molecule has 1 amide bonds. The van der Waals surface area contributed by atoms with Gasteiger partial charge < -0.3 is 10.6 Å². The number of nitrogens with zero attached hydrogens (tertiary/aromatic N) is 2. The molecule has 2 aromatic rings. The maximum atomic E-state index is 12.5. The molecule has 128 valence electrons. The third kappa shape index (κ3) is 4.57. The first-order valence-electron chi connectivity index (χ1n) is 8.79. The van der Waals surface area contributed by atoms with Crippen molar-refractivity contribution in [2.45, 2.75) is 44.6 Å². The maximum Gasteiger partial charge on any atom is 0.274 e. The normalized spacial score (nSPS) is 15.0. The van der Waals surface area contributed by atoms with Crippen molar-refractivity contribution in [3.05, 3.63) is 53.9 Å². The molecule has 2 N–H and O–H groups in total. The van der Waals surface area contributed by atoms with Crippen molar-refractivity contribution in [2.75, 3.05) is 10.6 Å². The van der Waals surface area contributed by atoms with Crippen LogP contribution in [0.2, 0.25) is 0 Å². The number of carbonyl (C=O) groups is 1. The van der Waals surface area contributed by atoms with Gasteiger partial charge in [-0.2, -0.15) is 5.26 Å². The molecule has 1 aromatic heterocycles. The van der Waals surface area contributed by atoms with Crippen LogP contribution in [0.25, 0.3) is 0 Å². The molecule has 1 aliphatic carbocycles. The van der Waals surface area contributed by atoms with Gasteiger partial charge in [0.05, 0.1) is 11.3 Å². The number of nitriles is 1. The lowest BCUT2D eigenvalue weighted by Crippen LogP contribution is -2.19. The Labute approximate surface area is 148 Å². The van der Waals surface area contributed by atoms with E-state index < -0.39 is 0 Å². The second-order valence-corrected chi connectivity index (χ2v) is 6.37. The summed E-state index contributed by atoms with van der Waals surface area (Å²) in [4.78, 5) is 16.6. The van der Waals surface area contributed by atoms with E-state index in [2.05, 4.69) is 21.7 Å². The highest BCUT2D eigenvalue weighted by molar-refractivity contribution is 6.04. The van der Waals surface area contributed by atoms with Gasteiger partial charge in [0.1, 0.15) is 11.8 Å². The van der Waals surface area contributed by atoms with E-state index in [1.54, 1.807) is 36.5 Å². The van der Waals surface area contributed by atoms with Gasteiger partial charge in [-0.05, 0) is 37.1 Å². The number of anilines is 2. The lowest BCUT2D eigenvalue weighted by molar-refractivity contribution is 0.102. The first kappa shape index (κ1) is 17.0. The van der Waals surface area contributed by atoms with Crippen LogP contribution in [0.3, 0.4) is 0 Å². The number of rotatable bonds is 4. The molecule has 1 fully saturated rings. The van der Waals surface area contributed by atoms with E-state index in [0.717, 1.165) is 5.69 Å². The smallest absolute Gasteiger partial charge is 0.274 e. The fourth-order valence-corrected chi connectivity index (χ4v) is 3.18. The van der Waals surface area contributed by atoms with Crippen LogP contribution in [0, 0.1) is 11.3 Å². The van der Waals surface area contributed by atoms with Crippen molar-refractivity contribution in [3.8, 4) is 6.07 Å². The Hall–Kier alpha value is -2.87. The number of pyridine rings is 1. The van der Waals surface area contributed by atoms with E-state index in [0.29, 0.717) is 23.0 Å². The molecule has 25 heavy (non-hydrogen) atoms. The lowest BCUT2D eigenvalue weighted by atomic mass is 10.1. The van der Waals surface area contributed by atoms with E-state index >= 15 is 0 Å². The Bertz CT molecular complexity index is 773. The molecule has 0 atom stereocenters. The number of nitrogens with one attached hydrogen (secondary N) is 2. The predicted octanol–water partition coefficient (Wildman–Crippen LogP) is 4.34. The zero-order chi connectivity index (χ0) is 17.5. The third-order valence-corrected chi connectivity index (χ3v) is 4.51. The number of hydrogen-bond donors (Lipinski definition) is 2. The highest BCUT2D eigenvalue weighted by atomic mass is 16.1. The number of hydrogen-bond acceptors (Lipinski definition) is 4. The Kier molecular flexibility index (Phi) is 5.63. The van der Waals surface area contributed by atoms with Crippen molar-refractivity contribution in [1.82, 2.24) is 4.98 Å². The monoisotopic (exact) mass is 334 g/mol. The van der Waals surface area contributed by atoms with E-state index in [1.165, 1.54) is 38.5 Å². The van der Waals surface area contributed by atoms with Gasteiger partial charge in [-0.3, -0.25) is 9.78 Å². The Balaban J connectivity index is 1.70. The minimum Gasteiger partial charge on any atom is -0.382 e. The number of carbonyl (C=O) groups excluding carboxylic acids is 1.